The number of aromatic nitrogens is 2. The summed E-state index contributed by atoms with van der Waals surface area (Å²) in [4.78, 5) is 2.41. The lowest BCUT2D eigenvalue weighted by Crippen LogP contribution is -2.12. The Balaban J connectivity index is 0.984. The SMILES string of the molecule is c1ccc(-c2ccc(-c3ccc(N(c4ccc(-c5cccc6c5oc5ccccc56)cc4)c4cc(-n5c6ccccc6c6ccccc65)cc(-n5c6ccccc6c6ccccc65)c4)cc3)cc2)cc1. The molecule has 3 aromatic heterocycles. The van der Waals surface area contributed by atoms with Gasteiger partial charge < -0.3 is 18.5 Å². The number of anilines is 3. The minimum Gasteiger partial charge on any atom is -0.455 e. The average molecular weight is 894 g/mol. The number of furan rings is 1. The van der Waals surface area contributed by atoms with Gasteiger partial charge in [0.15, 0.2) is 0 Å². The highest BCUT2D eigenvalue weighted by Gasteiger charge is 2.21. The van der Waals surface area contributed by atoms with E-state index in [1.807, 2.05) is 12.1 Å². The second kappa shape index (κ2) is 16.2. The van der Waals surface area contributed by atoms with Crippen LogP contribution in [0, 0.1) is 0 Å². The summed E-state index contributed by atoms with van der Waals surface area (Å²) in [5.41, 5.74) is 18.6. The summed E-state index contributed by atoms with van der Waals surface area (Å²) < 4.78 is 11.4. The highest BCUT2D eigenvalue weighted by atomic mass is 16.3. The van der Waals surface area contributed by atoms with Crippen molar-refractivity contribution >= 4 is 82.6 Å². The molecule has 4 nitrogen and oxygen atoms in total. The van der Waals surface area contributed by atoms with Crippen LogP contribution in [0.1, 0.15) is 0 Å². The minimum atomic E-state index is 0.894. The van der Waals surface area contributed by atoms with Gasteiger partial charge >= 0.3 is 0 Å². The number of para-hydroxylation sites is 6. The van der Waals surface area contributed by atoms with Crippen molar-refractivity contribution < 1.29 is 4.42 Å². The molecule has 328 valence electrons. The highest BCUT2D eigenvalue weighted by molar-refractivity contribution is 6.12. The van der Waals surface area contributed by atoms with Gasteiger partial charge in [0, 0.05) is 49.3 Å². The van der Waals surface area contributed by atoms with Crippen molar-refractivity contribution in [1.82, 2.24) is 9.13 Å². The molecule has 70 heavy (non-hydrogen) atoms. The monoisotopic (exact) mass is 893 g/mol. The van der Waals surface area contributed by atoms with Crippen molar-refractivity contribution in [3.05, 3.63) is 261 Å². The quantitative estimate of drug-likeness (QED) is 0.152. The van der Waals surface area contributed by atoms with Crippen LogP contribution in [0.4, 0.5) is 17.1 Å². The lowest BCUT2D eigenvalue weighted by Gasteiger charge is -2.28. The Kier molecular flexibility index (Phi) is 9.17. The summed E-state index contributed by atoms with van der Waals surface area (Å²) in [7, 11) is 0. The van der Waals surface area contributed by atoms with Gasteiger partial charge in [-0.05, 0) is 101 Å². The van der Waals surface area contributed by atoms with Gasteiger partial charge in [-0.25, -0.2) is 0 Å². The molecule has 0 atom stereocenters. The van der Waals surface area contributed by atoms with Crippen LogP contribution in [0.25, 0.3) is 110 Å². The van der Waals surface area contributed by atoms with E-state index in [-0.39, 0.29) is 0 Å². The number of nitrogens with zero attached hydrogens (tertiary/aromatic N) is 3. The molecule has 14 rings (SSSR count). The highest BCUT2D eigenvalue weighted by Crippen LogP contribution is 2.43. The van der Waals surface area contributed by atoms with Crippen LogP contribution in [-0.4, -0.2) is 9.13 Å². The third-order valence-corrected chi connectivity index (χ3v) is 14.1. The first-order chi connectivity index (χ1) is 34.7. The van der Waals surface area contributed by atoms with Crippen molar-refractivity contribution in [2.75, 3.05) is 4.90 Å². The van der Waals surface area contributed by atoms with Gasteiger partial charge in [0.2, 0.25) is 0 Å². The fourth-order valence-electron chi connectivity index (χ4n) is 10.9. The maximum atomic E-state index is 6.54. The molecule has 4 heteroatoms. The minimum absolute atomic E-state index is 0.894. The Morgan fingerprint density at radius 1 is 0.271 bits per heavy atom. The number of fused-ring (bicyclic) bond motifs is 9. The molecule has 0 N–H and O–H groups in total. The first-order valence-electron chi connectivity index (χ1n) is 23.9. The zero-order chi connectivity index (χ0) is 46.1. The molecule has 0 aliphatic rings. The van der Waals surface area contributed by atoms with Crippen LogP contribution in [-0.2, 0) is 0 Å². The molecule has 0 amide bonds. The van der Waals surface area contributed by atoms with Crippen LogP contribution < -0.4 is 4.90 Å². The number of benzene rings is 11. The summed E-state index contributed by atoms with van der Waals surface area (Å²) >= 11 is 0. The number of hydrogen-bond donors (Lipinski definition) is 0. The average Bonchev–Trinajstić information content (AvgIpc) is 4.10. The van der Waals surface area contributed by atoms with Crippen LogP contribution in [0.3, 0.4) is 0 Å². The molecular formula is C66H43N3O. The molecular weight excluding hydrogens is 851 g/mol. The van der Waals surface area contributed by atoms with Crippen molar-refractivity contribution in [1.29, 1.82) is 0 Å². The van der Waals surface area contributed by atoms with E-state index < -0.39 is 0 Å². The fraction of sp³-hybridized carbons (Fsp3) is 0. The third-order valence-electron chi connectivity index (χ3n) is 14.1. The standard InChI is InChI=1S/C66H43N3O/c1-2-15-44(16-3-1)45-29-31-46(32-30-45)47-33-37-49(38-34-47)67(50-39-35-48(36-40-50)54-22-14-23-60-59-21-8-13-28-65(59)70-66(54)60)51-41-52(68-61-24-9-4-17-55(61)56-18-5-10-25-62(56)68)43-53(42-51)69-63-26-11-6-19-57(63)58-20-7-12-27-64(58)69/h1-43H. The molecule has 14 aromatic rings. The van der Waals surface area contributed by atoms with Crippen LogP contribution >= 0.6 is 0 Å². The molecule has 0 fully saturated rings. The van der Waals surface area contributed by atoms with Gasteiger partial charge in [-0.3, -0.25) is 0 Å². The molecule has 0 unspecified atom stereocenters. The van der Waals surface area contributed by atoms with Gasteiger partial charge in [-0.2, -0.15) is 0 Å². The van der Waals surface area contributed by atoms with Crippen LogP contribution in [0.2, 0.25) is 0 Å². The first kappa shape index (κ1) is 39.8. The zero-order valence-corrected chi connectivity index (χ0v) is 38.1. The van der Waals surface area contributed by atoms with Gasteiger partial charge in [0.1, 0.15) is 11.2 Å². The largest absolute Gasteiger partial charge is 0.455 e. The maximum Gasteiger partial charge on any atom is 0.143 e. The summed E-state index contributed by atoms with van der Waals surface area (Å²) in [6.45, 7) is 0. The number of rotatable bonds is 8. The maximum absolute atomic E-state index is 6.54. The van der Waals surface area contributed by atoms with Crippen molar-refractivity contribution in [3.63, 3.8) is 0 Å². The smallest absolute Gasteiger partial charge is 0.143 e. The summed E-state index contributed by atoms with van der Waals surface area (Å²) in [6, 6.07) is 94.3. The first-order valence-corrected chi connectivity index (χ1v) is 23.9. The van der Waals surface area contributed by atoms with E-state index in [2.05, 4.69) is 263 Å². The predicted molar refractivity (Wildman–Crippen MR) is 293 cm³/mol. The van der Waals surface area contributed by atoms with E-state index in [0.29, 0.717) is 0 Å². The van der Waals surface area contributed by atoms with E-state index in [9.17, 15) is 0 Å². The lowest BCUT2D eigenvalue weighted by molar-refractivity contribution is 0.670. The van der Waals surface area contributed by atoms with Crippen molar-refractivity contribution in [2.24, 2.45) is 0 Å². The molecule has 0 radical (unpaired) electrons. The van der Waals surface area contributed by atoms with Gasteiger partial charge in [0.25, 0.3) is 0 Å². The van der Waals surface area contributed by atoms with Gasteiger partial charge in [0.05, 0.1) is 39.1 Å². The predicted octanol–water partition coefficient (Wildman–Crippen LogP) is 18.3. The Labute approximate surface area is 404 Å². The fourth-order valence-corrected chi connectivity index (χ4v) is 10.9. The zero-order valence-electron chi connectivity index (χ0n) is 38.1. The number of hydrogen-bond acceptors (Lipinski definition) is 2. The Bertz CT molecular complexity index is 4030. The summed E-state index contributed by atoms with van der Waals surface area (Å²) in [5.74, 6) is 0. The van der Waals surface area contributed by atoms with E-state index in [4.69, 9.17) is 4.42 Å². The van der Waals surface area contributed by atoms with Crippen LogP contribution in [0.15, 0.2) is 265 Å². The van der Waals surface area contributed by atoms with Crippen molar-refractivity contribution in [2.45, 2.75) is 0 Å². The molecule has 0 spiro atoms. The van der Waals surface area contributed by atoms with E-state index in [1.165, 1.54) is 38.2 Å². The Morgan fingerprint density at radius 3 is 1.16 bits per heavy atom. The molecule has 0 aliphatic heterocycles. The van der Waals surface area contributed by atoms with Crippen LogP contribution in [0.5, 0.6) is 0 Å². The van der Waals surface area contributed by atoms with Gasteiger partial charge in [-0.1, -0.05) is 188 Å². The molecule has 3 heterocycles. The molecule has 0 saturated carbocycles. The third kappa shape index (κ3) is 6.46. The second-order valence-corrected chi connectivity index (χ2v) is 18.1. The Morgan fingerprint density at radius 2 is 0.657 bits per heavy atom. The van der Waals surface area contributed by atoms with Gasteiger partial charge in [-0.15, -0.1) is 0 Å². The van der Waals surface area contributed by atoms with E-state index >= 15 is 0 Å². The van der Waals surface area contributed by atoms with Crippen molar-refractivity contribution in [3.8, 4) is 44.8 Å². The molecule has 0 saturated heterocycles. The second-order valence-electron chi connectivity index (χ2n) is 18.1. The molecule has 0 aliphatic carbocycles. The molecule has 11 aromatic carbocycles. The summed E-state index contributed by atoms with van der Waals surface area (Å²) in [5, 5.41) is 7.14. The molecule has 0 bridgehead atoms. The Hall–Kier alpha value is -9.38. The summed E-state index contributed by atoms with van der Waals surface area (Å²) in [6.07, 6.45) is 0. The normalized spacial score (nSPS) is 11.7. The van der Waals surface area contributed by atoms with E-state index in [1.54, 1.807) is 0 Å². The lowest BCUT2D eigenvalue weighted by atomic mass is 10.00. The topological polar surface area (TPSA) is 26.2 Å². The van der Waals surface area contributed by atoms with E-state index in [0.717, 1.165) is 89.1 Å².